The van der Waals surface area contributed by atoms with Crippen molar-refractivity contribution in [3.63, 3.8) is 0 Å². The van der Waals surface area contributed by atoms with Gasteiger partial charge in [-0.15, -0.1) is 24.8 Å². The van der Waals surface area contributed by atoms with E-state index < -0.39 is 0 Å². The number of carbonyl (C=O) groups is 1. The number of carbonyl (C=O) groups excluding carboxylic acids is 1. The number of hydrogen-bond acceptors (Lipinski definition) is 5. The van der Waals surface area contributed by atoms with Crippen LogP contribution in [-0.4, -0.2) is 53.4 Å². The molecule has 128 valence electrons. The van der Waals surface area contributed by atoms with E-state index in [9.17, 15) is 4.79 Å². The Morgan fingerprint density at radius 1 is 1.23 bits per heavy atom. The summed E-state index contributed by atoms with van der Waals surface area (Å²) in [5, 5.41) is 0. The lowest BCUT2D eigenvalue weighted by Crippen LogP contribution is -2.48. The number of aryl methyl sites for hydroxylation is 2. The second-order valence-electron chi connectivity index (χ2n) is 5.30. The first-order valence-electron chi connectivity index (χ1n) is 7.23. The molecular weight excluding hydrogens is 327 g/mol. The summed E-state index contributed by atoms with van der Waals surface area (Å²) in [6.45, 7) is 8.48. The average Bonchev–Trinajstić information content (AvgIpc) is 2.75. The van der Waals surface area contributed by atoms with Gasteiger partial charge >= 0.3 is 0 Å². The summed E-state index contributed by atoms with van der Waals surface area (Å²) in [4.78, 5) is 20.5. The molecule has 1 fully saturated rings. The van der Waals surface area contributed by atoms with Gasteiger partial charge < -0.3 is 15.1 Å². The van der Waals surface area contributed by atoms with Gasteiger partial charge in [-0.3, -0.25) is 9.69 Å². The highest BCUT2D eigenvalue weighted by Gasteiger charge is 2.21. The predicted molar refractivity (Wildman–Crippen MR) is 90.6 cm³/mol. The molecular formula is C14H26Cl2N4O2. The molecule has 2 rings (SSSR count). The predicted octanol–water partition coefficient (Wildman–Crippen LogP) is 1.52. The molecule has 1 aliphatic heterocycles. The SMILES string of the molecule is Cc1nc(CN2CCN(C(=O)CCCN)CC2)oc1C.Cl.Cl. The summed E-state index contributed by atoms with van der Waals surface area (Å²) in [5.41, 5.74) is 6.39. The Hall–Kier alpha value is -0.820. The van der Waals surface area contributed by atoms with Crippen LogP contribution in [0.15, 0.2) is 4.42 Å². The summed E-state index contributed by atoms with van der Waals surface area (Å²) in [6.07, 6.45) is 1.34. The number of rotatable bonds is 5. The molecule has 1 amide bonds. The molecule has 0 radical (unpaired) electrons. The van der Waals surface area contributed by atoms with Gasteiger partial charge in [0.15, 0.2) is 0 Å². The van der Waals surface area contributed by atoms with E-state index in [1.165, 1.54) is 0 Å². The van der Waals surface area contributed by atoms with Crippen LogP contribution in [0.1, 0.15) is 30.2 Å². The van der Waals surface area contributed by atoms with Gasteiger partial charge in [0.25, 0.3) is 0 Å². The second-order valence-corrected chi connectivity index (χ2v) is 5.30. The zero-order chi connectivity index (χ0) is 14.5. The van der Waals surface area contributed by atoms with Gasteiger partial charge in [-0.05, 0) is 26.8 Å². The van der Waals surface area contributed by atoms with Crippen molar-refractivity contribution in [2.45, 2.75) is 33.2 Å². The number of nitrogens with two attached hydrogens (primary N) is 1. The maximum absolute atomic E-state index is 11.9. The topological polar surface area (TPSA) is 75.6 Å². The molecule has 0 aromatic carbocycles. The zero-order valence-corrected chi connectivity index (χ0v) is 14.8. The van der Waals surface area contributed by atoms with Crippen molar-refractivity contribution >= 4 is 30.7 Å². The van der Waals surface area contributed by atoms with Crippen LogP contribution in [0.3, 0.4) is 0 Å². The first-order chi connectivity index (χ1) is 9.60. The number of hydrogen-bond donors (Lipinski definition) is 1. The Kier molecular flexibility index (Phi) is 9.67. The average molecular weight is 353 g/mol. The van der Waals surface area contributed by atoms with Crippen LogP contribution in [-0.2, 0) is 11.3 Å². The number of amides is 1. The van der Waals surface area contributed by atoms with Crippen molar-refractivity contribution < 1.29 is 9.21 Å². The monoisotopic (exact) mass is 352 g/mol. The second kappa shape index (κ2) is 10.0. The molecule has 1 saturated heterocycles. The Bertz CT molecular complexity index is 440. The molecule has 0 atom stereocenters. The van der Waals surface area contributed by atoms with Gasteiger partial charge in [-0.2, -0.15) is 0 Å². The van der Waals surface area contributed by atoms with Crippen molar-refractivity contribution in [2.75, 3.05) is 32.7 Å². The van der Waals surface area contributed by atoms with Gasteiger partial charge in [-0.1, -0.05) is 0 Å². The molecule has 1 aromatic heterocycles. The molecule has 0 bridgehead atoms. The minimum atomic E-state index is 0. The van der Waals surface area contributed by atoms with Gasteiger partial charge in [0.1, 0.15) is 5.76 Å². The number of oxazole rings is 1. The van der Waals surface area contributed by atoms with Crippen molar-refractivity contribution in [3.05, 3.63) is 17.3 Å². The highest BCUT2D eigenvalue weighted by molar-refractivity contribution is 5.85. The molecule has 0 saturated carbocycles. The fourth-order valence-electron chi connectivity index (χ4n) is 2.36. The maximum atomic E-state index is 11.9. The number of halogens is 2. The smallest absolute Gasteiger partial charge is 0.222 e. The van der Waals surface area contributed by atoms with Crippen molar-refractivity contribution in [3.8, 4) is 0 Å². The van der Waals surface area contributed by atoms with Crippen LogP contribution >= 0.6 is 24.8 Å². The lowest BCUT2D eigenvalue weighted by atomic mass is 10.2. The van der Waals surface area contributed by atoms with Gasteiger partial charge in [0.05, 0.1) is 12.2 Å². The van der Waals surface area contributed by atoms with E-state index in [1.54, 1.807) is 0 Å². The molecule has 1 aliphatic rings. The van der Waals surface area contributed by atoms with Crippen LogP contribution in [0.5, 0.6) is 0 Å². The lowest BCUT2D eigenvalue weighted by molar-refractivity contribution is -0.133. The van der Waals surface area contributed by atoms with Gasteiger partial charge in [0, 0.05) is 32.6 Å². The summed E-state index contributed by atoms with van der Waals surface area (Å²) in [6, 6.07) is 0. The fraction of sp³-hybridized carbons (Fsp3) is 0.714. The third-order valence-electron chi connectivity index (χ3n) is 3.75. The van der Waals surface area contributed by atoms with E-state index in [2.05, 4.69) is 9.88 Å². The van der Waals surface area contributed by atoms with E-state index in [1.807, 2.05) is 18.7 Å². The van der Waals surface area contributed by atoms with Crippen LogP contribution in [0.25, 0.3) is 0 Å². The Morgan fingerprint density at radius 3 is 2.36 bits per heavy atom. The number of aromatic nitrogens is 1. The van der Waals surface area contributed by atoms with E-state index >= 15 is 0 Å². The highest BCUT2D eigenvalue weighted by atomic mass is 35.5. The number of piperazine rings is 1. The summed E-state index contributed by atoms with van der Waals surface area (Å²) < 4.78 is 5.60. The minimum absolute atomic E-state index is 0. The third-order valence-corrected chi connectivity index (χ3v) is 3.75. The van der Waals surface area contributed by atoms with E-state index in [0.29, 0.717) is 13.0 Å². The molecule has 0 unspecified atom stereocenters. The quantitative estimate of drug-likeness (QED) is 0.869. The van der Waals surface area contributed by atoms with E-state index in [0.717, 1.165) is 56.5 Å². The molecule has 0 spiro atoms. The van der Waals surface area contributed by atoms with Crippen LogP contribution < -0.4 is 5.73 Å². The largest absolute Gasteiger partial charge is 0.444 e. The Labute approximate surface area is 144 Å². The molecule has 1 aromatic rings. The van der Waals surface area contributed by atoms with Gasteiger partial charge in [-0.25, -0.2) is 4.98 Å². The standard InChI is InChI=1S/C14H24N4O2.2ClH/c1-11-12(2)20-13(16-11)10-17-6-8-18(9-7-17)14(19)4-3-5-15;;/h3-10,15H2,1-2H3;2*1H. The first kappa shape index (κ1) is 21.2. The number of nitrogens with zero attached hydrogens (tertiary/aromatic N) is 3. The van der Waals surface area contributed by atoms with Crippen molar-refractivity contribution in [1.82, 2.24) is 14.8 Å². The minimum Gasteiger partial charge on any atom is -0.444 e. The van der Waals surface area contributed by atoms with Crippen LogP contribution in [0, 0.1) is 13.8 Å². The zero-order valence-electron chi connectivity index (χ0n) is 13.2. The molecule has 6 nitrogen and oxygen atoms in total. The fourth-order valence-corrected chi connectivity index (χ4v) is 2.36. The molecule has 8 heteroatoms. The third kappa shape index (κ3) is 5.76. The highest BCUT2D eigenvalue weighted by Crippen LogP contribution is 2.12. The van der Waals surface area contributed by atoms with E-state index in [4.69, 9.17) is 10.2 Å². The molecule has 2 N–H and O–H groups in total. The summed E-state index contributed by atoms with van der Waals surface area (Å²) in [7, 11) is 0. The van der Waals surface area contributed by atoms with Crippen molar-refractivity contribution in [2.24, 2.45) is 5.73 Å². The normalized spacial score (nSPS) is 15.1. The Balaban J connectivity index is 0.00000220. The maximum Gasteiger partial charge on any atom is 0.222 e. The van der Waals surface area contributed by atoms with Crippen molar-refractivity contribution in [1.29, 1.82) is 0 Å². The summed E-state index contributed by atoms with van der Waals surface area (Å²) in [5.74, 6) is 1.87. The molecule has 22 heavy (non-hydrogen) atoms. The van der Waals surface area contributed by atoms with Crippen LogP contribution in [0.2, 0.25) is 0 Å². The molecule has 2 heterocycles. The molecule has 0 aliphatic carbocycles. The van der Waals surface area contributed by atoms with Gasteiger partial charge in [0.2, 0.25) is 11.8 Å². The Morgan fingerprint density at radius 2 is 1.86 bits per heavy atom. The lowest BCUT2D eigenvalue weighted by Gasteiger charge is -2.34. The van der Waals surface area contributed by atoms with E-state index in [-0.39, 0.29) is 30.7 Å². The van der Waals surface area contributed by atoms with Crippen LogP contribution in [0.4, 0.5) is 0 Å². The first-order valence-corrected chi connectivity index (χ1v) is 7.23. The summed E-state index contributed by atoms with van der Waals surface area (Å²) >= 11 is 0.